The molecule has 2 aromatic rings. The van der Waals surface area contributed by atoms with Crippen molar-refractivity contribution in [1.29, 1.82) is 0 Å². The van der Waals surface area contributed by atoms with Crippen molar-refractivity contribution in [3.05, 3.63) is 52.3 Å². The largest absolute Gasteiger partial charge is 0.370 e. The Kier molecular flexibility index (Phi) is 4.97. The van der Waals surface area contributed by atoms with Crippen molar-refractivity contribution in [2.75, 3.05) is 19.7 Å². The maximum Gasteiger partial charge on any atom is 0.317 e. The molecule has 6 nitrogen and oxygen atoms in total. The van der Waals surface area contributed by atoms with Gasteiger partial charge in [0.15, 0.2) is 0 Å². The van der Waals surface area contributed by atoms with Gasteiger partial charge in [0.25, 0.3) is 0 Å². The number of nitrogens with zero attached hydrogens (tertiary/aromatic N) is 3. The van der Waals surface area contributed by atoms with Crippen LogP contribution < -0.4 is 5.32 Å². The van der Waals surface area contributed by atoms with E-state index in [1.807, 2.05) is 37.5 Å². The fraction of sp³-hybridized carbons (Fsp3) is 0.375. The summed E-state index contributed by atoms with van der Waals surface area (Å²) in [6, 6.07) is 7.93. The van der Waals surface area contributed by atoms with E-state index in [1.165, 1.54) is 0 Å². The summed E-state index contributed by atoms with van der Waals surface area (Å²) >= 11 is 3.47. The van der Waals surface area contributed by atoms with Crippen LogP contribution in [0.4, 0.5) is 4.79 Å². The first-order chi connectivity index (χ1) is 11.1. The molecule has 1 aromatic heterocycles. The molecular formula is C16H19BrN4O2. The first kappa shape index (κ1) is 16.0. The van der Waals surface area contributed by atoms with Gasteiger partial charge in [-0.05, 0) is 17.7 Å². The predicted molar refractivity (Wildman–Crippen MR) is 89.9 cm³/mol. The second-order valence-electron chi connectivity index (χ2n) is 5.54. The Hall–Kier alpha value is -1.86. The second kappa shape index (κ2) is 7.14. The van der Waals surface area contributed by atoms with Crippen LogP contribution in [-0.2, 0) is 18.3 Å². The van der Waals surface area contributed by atoms with Crippen LogP contribution in [-0.4, -0.2) is 40.4 Å². The maximum absolute atomic E-state index is 12.3. The van der Waals surface area contributed by atoms with E-state index in [0.717, 1.165) is 15.6 Å². The number of halogens is 1. The number of carbonyl (C=O) groups excluding carboxylic acids is 1. The minimum Gasteiger partial charge on any atom is -0.370 e. The lowest BCUT2D eigenvalue weighted by Crippen LogP contribution is -2.46. The molecule has 0 unspecified atom stereocenters. The normalized spacial score (nSPS) is 18.0. The summed E-state index contributed by atoms with van der Waals surface area (Å²) in [4.78, 5) is 14.1. The van der Waals surface area contributed by atoms with Gasteiger partial charge in [0, 0.05) is 36.4 Å². The molecule has 2 amide bonds. The van der Waals surface area contributed by atoms with E-state index in [-0.39, 0.29) is 12.1 Å². The number of urea groups is 1. The molecule has 1 N–H and O–H groups in total. The maximum atomic E-state index is 12.3. The molecule has 2 heterocycles. The van der Waals surface area contributed by atoms with Crippen LogP contribution in [0, 0.1) is 0 Å². The Balaban J connectivity index is 1.58. The average Bonchev–Trinajstić information content (AvgIpc) is 2.98. The number of hydrogen-bond donors (Lipinski definition) is 1. The number of amides is 2. The van der Waals surface area contributed by atoms with Crippen LogP contribution in [0.2, 0.25) is 0 Å². The molecule has 0 saturated carbocycles. The summed E-state index contributed by atoms with van der Waals surface area (Å²) in [5.41, 5.74) is 2.06. The van der Waals surface area contributed by atoms with Crippen molar-refractivity contribution in [3.63, 3.8) is 0 Å². The molecule has 23 heavy (non-hydrogen) atoms. The highest BCUT2D eigenvalue weighted by Gasteiger charge is 2.25. The third-order valence-corrected chi connectivity index (χ3v) is 4.27. The molecule has 0 aliphatic carbocycles. The van der Waals surface area contributed by atoms with E-state index in [9.17, 15) is 4.79 Å². The molecule has 0 bridgehead atoms. The lowest BCUT2D eigenvalue weighted by atomic mass is 10.1. The quantitative estimate of drug-likeness (QED) is 0.892. The number of aromatic nitrogens is 2. The fourth-order valence-corrected chi connectivity index (χ4v) is 3.01. The highest BCUT2D eigenvalue weighted by Crippen LogP contribution is 2.24. The number of carbonyl (C=O) groups is 1. The zero-order valence-electron chi connectivity index (χ0n) is 12.9. The molecule has 1 fully saturated rings. The molecule has 1 aliphatic heterocycles. The Bertz CT molecular complexity index is 688. The number of rotatable bonds is 3. The van der Waals surface area contributed by atoms with Gasteiger partial charge in [-0.25, -0.2) is 4.79 Å². The number of benzene rings is 1. The molecule has 122 valence electrons. The summed E-state index contributed by atoms with van der Waals surface area (Å²) in [5.74, 6) is 0. The van der Waals surface area contributed by atoms with Gasteiger partial charge >= 0.3 is 6.03 Å². The smallest absolute Gasteiger partial charge is 0.317 e. The van der Waals surface area contributed by atoms with Crippen molar-refractivity contribution in [2.24, 2.45) is 7.05 Å². The van der Waals surface area contributed by atoms with E-state index >= 15 is 0 Å². The van der Waals surface area contributed by atoms with Gasteiger partial charge < -0.3 is 15.0 Å². The van der Waals surface area contributed by atoms with Gasteiger partial charge in [0.2, 0.25) is 0 Å². The van der Waals surface area contributed by atoms with Gasteiger partial charge in [-0.1, -0.05) is 28.1 Å². The predicted octanol–water partition coefficient (Wildman–Crippen LogP) is 2.47. The Morgan fingerprint density at radius 1 is 1.52 bits per heavy atom. The van der Waals surface area contributed by atoms with Crippen molar-refractivity contribution >= 4 is 22.0 Å². The first-order valence-electron chi connectivity index (χ1n) is 7.49. The topological polar surface area (TPSA) is 59.4 Å². The number of morpholine rings is 1. The number of hydrogen-bond acceptors (Lipinski definition) is 3. The Morgan fingerprint density at radius 2 is 2.39 bits per heavy atom. The lowest BCUT2D eigenvalue weighted by molar-refractivity contribution is -0.0155. The van der Waals surface area contributed by atoms with Gasteiger partial charge in [0.05, 0.1) is 19.3 Å². The van der Waals surface area contributed by atoms with E-state index < -0.39 is 0 Å². The van der Waals surface area contributed by atoms with Crippen molar-refractivity contribution in [3.8, 4) is 0 Å². The summed E-state index contributed by atoms with van der Waals surface area (Å²) < 4.78 is 8.54. The average molecular weight is 379 g/mol. The fourth-order valence-electron chi connectivity index (χ4n) is 2.59. The zero-order valence-corrected chi connectivity index (χ0v) is 14.5. The molecule has 1 aliphatic rings. The number of aryl methyl sites for hydroxylation is 1. The third kappa shape index (κ3) is 4.11. The highest BCUT2D eigenvalue weighted by molar-refractivity contribution is 9.10. The summed E-state index contributed by atoms with van der Waals surface area (Å²) in [5, 5.41) is 7.03. The van der Waals surface area contributed by atoms with Crippen LogP contribution in [0.15, 0.2) is 41.1 Å². The highest BCUT2D eigenvalue weighted by atomic mass is 79.9. The van der Waals surface area contributed by atoms with Crippen LogP contribution in [0.5, 0.6) is 0 Å². The van der Waals surface area contributed by atoms with E-state index in [0.29, 0.717) is 26.2 Å². The zero-order chi connectivity index (χ0) is 16.2. The lowest BCUT2D eigenvalue weighted by Gasteiger charge is -2.33. The van der Waals surface area contributed by atoms with Crippen LogP contribution in [0.25, 0.3) is 0 Å². The van der Waals surface area contributed by atoms with Gasteiger partial charge in [-0.2, -0.15) is 5.10 Å². The second-order valence-corrected chi connectivity index (χ2v) is 6.46. The molecule has 0 spiro atoms. The molecule has 0 radical (unpaired) electrons. The molecule has 3 rings (SSSR count). The van der Waals surface area contributed by atoms with Crippen LogP contribution in [0.3, 0.4) is 0 Å². The van der Waals surface area contributed by atoms with Crippen molar-refractivity contribution in [2.45, 2.75) is 12.6 Å². The number of nitrogens with one attached hydrogen (secondary N) is 1. The first-order valence-corrected chi connectivity index (χ1v) is 8.28. The Morgan fingerprint density at radius 3 is 3.13 bits per heavy atom. The minimum atomic E-state index is -0.0922. The van der Waals surface area contributed by atoms with Crippen LogP contribution in [0.1, 0.15) is 17.2 Å². The molecule has 1 saturated heterocycles. The van der Waals surface area contributed by atoms with Gasteiger partial charge in [-0.3, -0.25) is 4.68 Å². The summed E-state index contributed by atoms with van der Waals surface area (Å²) in [7, 11) is 1.86. The Labute approximate surface area is 143 Å². The monoisotopic (exact) mass is 378 g/mol. The minimum absolute atomic E-state index is 0.0721. The van der Waals surface area contributed by atoms with Crippen LogP contribution >= 0.6 is 15.9 Å². The van der Waals surface area contributed by atoms with Crippen molar-refractivity contribution < 1.29 is 9.53 Å². The third-order valence-electron chi connectivity index (χ3n) is 3.78. The van der Waals surface area contributed by atoms with E-state index in [2.05, 4.69) is 26.3 Å². The standard InChI is InChI=1S/C16H19BrN4O2/c1-20-10-12(9-19-20)8-18-16(22)21-5-6-23-15(11-21)13-3-2-4-14(17)7-13/h2-4,7,9-10,15H,5-6,8,11H2,1H3,(H,18,22)/t15-/m0/s1. The molecule has 1 aromatic carbocycles. The molecule has 7 heteroatoms. The molecular weight excluding hydrogens is 360 g/mol. The van der Waals surface area contributed by atoms with E-state index in [4.69, 9.17) is 4.74 Å². The van der Waals surface area contributed by atoms with Gasteiger partial charge in [0.1, 0.15) is 6.10 Å². The molecule has 1 atom stereocenters. The SMILES string of the molecule is Cn1cc(CNC(=O)N2CCO[C@H](c3cccc(Br)c3)C2)cn1. The van der Waals surface area contributed by atoms with Gasteiger partial charge in [-0.15, -0.1) is 0 Å². The van der Waals surface area contributed by atoms with E-state index in [1.54, 1.807) is 15.8 Å². The summed E-state index contributed by atoms with van der Waals surface area (Å²) in [6.07, 6.45) is 3.55. The number of ether oxygens (including phenoxy) is 1. The van der Waals surface area contributed by atoms with Crippen molar-refractivity contribution in [1.82, 2.24) is 20.0 Å². The summed E-state index contributed by atoms with van der Waals surface area (Å²) in [6.45, 7) is 2.17.